The van der Waals surface area contributed by atoms with Crippen molar-refractivity contribution in [2.75, 3.05) is 51.8 Å². The van der Waals surface area contributed by atoms with E-state index in [0.717, 1.165) is 56.3 Å². The summed E-state index contributed by atoms with van der Waals surface area (Å²) in [5, 5.41) is 3.01. The molecule has 0 saturated carbocycles. The van der Waals surface area contributed by atoms with Crippen LogP contribution >= 0.6 is 0 Å². The number of anilines is 1. The number of carbonyl (C=O) groups excluding carboxylic acids is 1. The molecule has 0 atom stereocenters. The lowest BCUT2D eigenvalue weighted by Crippen LogP contribution is -2.50. The highest BCUT2D eigenvalue weighted by molar-refractivity contribution is 5.89. The number of rotatable bonds is 7. The van der Waals surface area contributed by atoms with Gasteiger partial charge in [-0.3, -0.25) is 4.90 Å². The van der Waals surface area contributed by atoms with Crippen LogP contribution in [0.15, 0.2) is 48.5 Å². The molecule has 1 heterocycles. The molecule has 1 N–H and O–H groups in total. The van der Waals surface area contributed by atoms with Gasteiger partial charge in [0.05, 0.1) is 7.11 Å². The van der Waals surface area contributed by atoms with Gasteiger partial charge in [0.1, 0.15) is 18.1 Å². The van der Waals surface area contributed by atoms with Crippen LogP contribution in [0.4, 0.5) is 10.5 Å². The molecule has 1 saturated heterocycles. The Morgan fingerprint density at radius 2 is 1.79 bits per heavy atom. The van der Waals surface area contributed by atoms with Gasteiger partial charge < -0.3 is 19.7 Å². The van der Waals surface area contributed by atoms with Crippen LogP contribution in [0.2, 0.25) is 0 Å². The highest BCUT2D eigenvalue weighted by atomic mass is 16.5. The predicted octanol–water partition coefficient (Wildman–Crippen LogP) is 3.49. The summed E-state index contributed by atoms with van der Waals surface area (Å²) in [6, 6.07) is 15.6. The van der Waals surface area contributed by atoms with Crippen molar-refractivity contribution in [1.82, 2.24) is 9.80 Å². The first-order valence-electron chi connectivity index (χ1n) is 9.82. The van der Waals surface area contributed by atoms with Gasteiger partial charge in [0.15, 0.2) is 0 Å². The maximum atomic E-state index is 12.5. The molecule has 150 valence electrons. The zero-order chi connectivity index (χ0) is 19.8. The van der Waals surface area contributed by atoms with Gasteiger partial charge in [0.2, 0.25) is 0 Å². The molecule has 2 aromatic carbocycles. The Morgan fingerprint density at radius 3 is 2.54 bits per heavy atom. The summed E-state index contributed by atoms with van der Waals surface area (Å²) < 4.78 is 11.0. The molecule has 6 nitrogen and oxygen atoms in total. The quantitative estimate of drug-likeness (QED) is 0.795. The monoisotopic (exact) mass is 383 g/mol. The summed E-state index contributed by atoms with van der Waals surface area (Å²) in [4.78, 5) is 16.7. The van der Waals surface area contributed by atoms with Crippen LogP contribution in [0, 0.1) is 0 Å². The highest BCUT2D eigenvalue weighted by Crippen LogP contribution is 2.19. The summed E-state index contributed by atoms with van der Waals surface area (Å²) in [5.41, 5.74) is 2.08. The largest absolute Gasteiger partial charge is 0.497 e. The first kappa shape index (κ1) is 20.0. The first-order chi connectivity index (χ1) is 13.7. The van der Waals surface area contributed by atoms with Gasteiger partial charge in [0, 0.05) is 44.5 Å². The van der Waals surface area contributed by atoms with Crippen LogP contribution in [0.1, 0.15) is 12.5 Å². The van der Waals surface area contributed by atoms with E-state index in [1.165, 1.54) is 5.56 Å². The average Bonchev–Trinajstić information content (AvgIpc) is 2.74. The predicted molar refractivity (Wildman–Crippen MR) is 111 cm³/mol. The smallest absolute Gasteiger partial charge is 0.321 e. The van der Waals surface area contributed by atoms with E-state index in [1.54, 1.807) is 7.11 Å². The number of benzene rings is 2. The van der Waals surface area contributed by atoms with E-state index in [1.807, 2.05) is 47.4 Å². The van der Waals surface area contributed by atoms with E-state index in [0.29, 0.717) is 6.61 Å². The Balaban J connectivity index is 1.39. The van der Waals surface area contributed by atoms with E-state index in [4.69, 9.17) is 9.47 Å². The van der Waals surface area contributed by atoms with Gasteiger partial charge in [-0.15, -0.1) is 0 Å². The fraction of sp³-hybridized carbons (Fsp3) is 0.409. The Labute approximate surface area is 167 Å². The third-order valence-corrected chi connectivity index (χ3v) is 4.96. The lowest BCUT2D eigenvalue weighted by atomic mass is 10.1. The second-order valence-corrected chi connectivity index (χ2v) is 6.84. The van der Waals surface area contributed by atoms with Gasteiger partial charge in [-0.1, -0.05) is 25.1 Å². The molecule has 0 bridgehead atoms. The number of hydrogen-bond acceptors (Lipinski definition) is 4. The minimum Gasteiger partial charge on any atom is -0.497 e. The maximum absolute atomic E-state index is 12.5. The van der Waals surface area contributed by atoms with Gasteiger partial charge in [-0.2, -0.15) is 0 Å². The van der Waals surface area contributed by atoms with E-state index in [9.17, 15) is 4.79 Å². The minimum atomic E-state index is -0.0273. The Morgan fingerprint density at radius 1 is 1.04 bits per heavy atom. The maximum Gasteiger partial charge on any atom is 0.321 e. The third kappa shape index (κ3) is 5.63. The average molecular weight is 383 g/mol. The van der Waals surface area contributed by atoms with Gasteiger partial charge in [-0.25, -0.2) is 4.79 Å². The second-order valence-electron chi connectivity index (χ2n) is 6.84. The molecular weight excluding hydrogens is 354 g/mol. The number of methoxy groups -OCH3 is 1. The SMILES string of the molecule is CCc1cccc(NC(=O)N2CCN(CCOc3cccc(OC)c3)CC2)c1. The molecule has 6 heteroatoms. The molecule has 0 aromatic heterocycles. The number of ether oxygens (including phenoxy) is 2. The van der Waals surface area contributed by atoms with Gasteiger partial charge in [-0.05, 0) is 36.2 Å². The van der Waals surface area contributed by atoms with Crippen LogP contribution in [-0.2, 0) is 6.42 Å². The van der Waals surface area contributed by atoms with Gasteiger partial charge >= 0.3 is 6.03 Å². The molecule has 2 aromatic rings. The van der Waals surface area contributed by atoms with Crippen molar-refractivity contribution in [1.29, 1.82) is 0 Å². The number of hydrogen-bond donors (Lipinski definition) is 1. The molecule has 28 heavy (non-hydrogen) atoms. The fourth-order valence-corrected chi connectivity index (χ4v) is 3.23. The van der Waals surface area contributed by atoms with Crippen molar-refractivity contribution in [3.05, 3.63) is 54.1 Å². The molecule has 1 fully saturated rings. The Bertz CT molecular complexity index is 773. The highest BCUT2D eigenvalue weighted by Gasteiger charge is 2.21. The molecule has 1 aliphatic heterocycles. The van der Waals surface area contributed by atoms with Crippen LogP contribution in [0.5, 0.6) is 11.5 Å². The summed E-state index contributed by atoms with van der Waals surface area (Å²) in [5.74, 6) is 1.60. The van der Waals surface area contributed by atoms with Crippen LogP contribution in [0.3, 0.4) is 0 Å². The summed E-state index contributed by atoms with van der Waals surface area (Å²) in [6.45, 7) is 6.71. The van der Waals surface area contributed by atoms with Crippen molar-refractivity contribution in [3.63, 3.8) is 0 Å². The zero-order valence-electron chi connectivity index (χ0n) is 16.7. The molecule has 0 aliphatic carbocycles. The lowest BCUT2D eigenvalue weighted by molar-refractivity contribution is 0.132. The molecule has 1 aliphatic rings. The van der Waals surface area contributed by atoms with Crippen molar-refractivity contribution >= 4 is 11.7 Å². The molecule has 0 radical (unpaired) electrons. The zero-order valence-corrected chi connectivity index (χ0v) is 16.7. The van der Waals surface area contributed by atoms with E-state index >= 15 is 0 Å². The van der Waals surface area contributed by atoms with Crippen LogP contribution in [-0.4, -0.2) is 62.3 Å². The number of nitrogens with zero attached hydrogens (tertiary/aromatic N) is 2. The lowest BCUT2D eigenvalue weighted by Gasteiger charge is -2.34. The van der Waals surface area contributed by atoms with Crippen LogP contribution in [0.25, 0.3) is 0 Å². The fourth-order valence-electron chi connectivity index (χ4n) is 3.23. The van der Waals surface area contributed by atoms with Crippen LogP contribution < -0.4 is 14.8 Å². The van der Waals surface area contributed by atoms with Crippen molar-refractivity contribution in [3.8, 4) is 11.5 Å². The normalized spacial score (nSPS) is 14.6. The number of carbonyl (C=O) groups is 1. The molecule has 2 amide bonds. The standard InChI is InChI=1S/C22H29N3O3/c1-3-18-6-4-7-19(16-18)23-22(26)25-12-10-24(11-13-25)14-15-28-21-9-5-8-20(17-21)27-2/h4-9,16-17H,3,10-15H2,1-2H3,(H,23,26). The van der Waals surface area contributed by atoms with E-state index in [2.05, 4.69) is 23.2 Å². The second kappa shape index (κ2) is 9.99. The van der Waals surface area contributed by atoms with Crippen molar-refractivity contribution in [2.24, 2.45) is 0 Å². The number of urea groups is 1. The number of amides is 2. The number of piperazine rings is 1. The third-order valence-electron chi connectivity index (χ3n) is 4.96. The summed E-state index contributed by atoms with van der Waals surface area (Å²) >= 11 is 0. The number of nitrogens with one attached hydrogen (secondary N) is 1. The molecule has 3 rings (SSSR count). The summed E-state index contributed by atoms with van der Waals surface area (Å²) in [7, 11) is 1.65. The Kier molecular flexibility index (Phi) is 7.14. The molecule has 0 spiro atoms. The Hall–Kier alpha value is -2.73. The van der Waals surface area contributed by atoms with E-state index in [-0.39, 0.29) is 6.03 Å². The minimum absolute atomic E-state index is 0.0273. The molecule has 0 unspecified atom stereocenters. The van der Waals surface area contributed by atoms with Crippen molar-refractivity contribution in [2.45, 2.75) is 13.3 Å². The topological polar surface area (TPSA) is 54.0 Å². The first-order valence-corrected chi connectivity index (χ1v) is 9.82. The van der Waals surface area contributed by atoms with Crippen molar-refractivity contribution < 1.29 is 14.3 Å². The van der Waals surface area contributed by atoms with E-state index < -0.39 is 0 Å². The molecular formula is C22H29N3O3. The summed E-state index contributed by atoms with van der Waals surface area (Å²) in [6.07, 6.45) is 0.959. The number of aryl methyl sites for hydroxylation is 1. The van der Waals surface area contributed by atoms with Gasteiger partial charge in [0.25, 0.3) is 0 Å².